The number of methoxy groups -OCH3 is 1. The van der Waals surface area contributed by atoms with Gasteiger partial charge in [-0.05, 0) is 30.4 Å². The quantitative estimate of drug-likeness (QED) is 0.877. The van der Waals surface area contributed by atoms with Gasteiger partial charge < -0.3 is 14.7 Å². The Kier molecular flexibility index (Phi) is 5.41. The number of hydrogen-bond acceptors (Lipinski definition) is 3. The van der Waals surface area contributed by atoms with Gasteiger partial charge in [0.25, 0.3) is 0 Å². The fourth-order valence-electron chi connectivity index (χ4n) is 3.14. The van der Waals surface area contributed by atoms with Crippen LogP contribution in [0.4, 0.5) is 0 Å². The number of carbonyl (C=O) groups excluding carboxylic acids is 1. The fraction of sp³-hybridized carbons (Fsp3) is 0.529. The molecule has 1 heterocycles. The third-order valence-corrected chi connectivity index (χ3v) is 4.26. The average molecular weight is 305 g/mol. The number of aliphatic carboxylic acids is 1. The Balaban J connectivity index is 2.03. The Morgan fingerprint density at radius 1 is 1.41 bits per heavy atom. The van der Waals surface area contributed by atoms with Crippen LogP contribution in [0.2, 0.25) is 0 Å². The van der Waals surface area contributed by atoms with E-state index in [4.69, 9.17) is 9.84 Å². The predicted octanol–water partition coefficient (Wildman–Crippen LogP) is 2.65. The molecule has 1 aliphatic heterocycles. The fourth-order valence-corrected chi connectivity index (χ4v) is 3.14. The molecule has 1 fully saturated rings. The highest BCUT2D eigenvalue weighted by Crippen LogP contribution is 2.30. The zero-order chi connectivity index (χ0) is 16.1. The van der Waals surface area contributed by atoms with Crippen LogP contribution in [-0.2, 0) is 9.59 Å². The molecule has 0 radical (unpaired) electrons. The lowest BCUT2D eigenvalue weighted by Gasteiger charge is -2.25. The van der Waals surface area contributed by atoms with E-state index in [1.165, 1.54) is 0 Å². The van der Waals surface area contributed by atoms with Gasteiger partial charge >= 0.3 is 5.97 Å². The predicted molar refractivity (Wildman–Crippen MR) is 83.0 cm³/mol. The first-order valence-corrected chi connectivity index (χ1v) is 7.67. The number of hydrogen-bond donors (Lipinski definition) is 1. The zero-order valence-electron chi connectivity index (χ0n) is 13.1. The number of rotatable bonds is 6. The maximum Gasteiger partial charge on any atom is 0.305 e. The van der Waals surface area contributed by atoms with Gasteiger partial charge in [0.2, 0.25) is 5.91 Å². The molecule has 0 spiro atoms. The van der Waals surface area contributed by atoms with Crippen molar-refractivity contribution in [3.8, 4) is 5.75 Å². The van der Waals surface area contributed by atoms with Gasteiger partial charge in [-0.15, -0.1) is 0 Å². The van der Waals surface area contributed by atoms with E-state index in [0.717, 1.165) is 24.2 Å². The lowest BCUT2D eigenvalue weighted by atomic mass is 9.96. The first kappa shape index (κ1) is 16.3. The third kappa shape index (κ3) is 3.78. The maximum absolute atomic E-state index is 12.5. The number of amides is 1. The monoisotopic (exact) mass is 305 g/mol. The molecule has 0 saturated carbocycles. The minimum atomic E-state index is -0.845. The number of carboxylic acids is 1. The van der Waals surface area contributed by atoms with Crippen molar-refractivity contribution >= 4 is 11.9 Å². The van der Waals surface area contributed by atoms with E-state index in [0.29, 0.717) is 13.0 Å². The van der Waals surface area contributed by atoms with E-state index >= 15 is 0 Å². The van der Waals surface area contributed by atoms with Crippen molar-refractivity contribution in [1.29, 1.82) is 0 Å². The molecule has 1 amide bonds. The molecule has 1 aromatic carbocycles. The van der Waals surface area contributed by atoms with E-state index in [9.17, 15) is 9.59 Å². The summed E-state index contributed by atoms with van der Waals surface area (Å²) >= 11 is 0. The molecule has 0 bridgehead atoms. The van der Waals surface area contributed by atoms with Gasteiger partial charge in [-0.25, -0.2) is 0 Å². The molecule has 0 aliphatic carbocycles. The van der Waals surface area contributed by atoms with Crippen molar-refractivity contribution in [1.82, 2.24) is 4.90 Å². The Hall–Kier alpha value is -2.04. The molecule has 120 valence electrons. The largest absolute Gasteiger partial charge is 0.496 e. The Morgan fingerprint density at radius 2 is 2.14 bits per heavy atom. The van der Waals surface area contributed by atoms with Gasteiger partial charge in [-0.3, -0.25) is 9.59 Å². The van der Waals surface area contributed by atoms with Crippen LogP contribution in [0, 0.1) is 0 Å². The molecule has 5 heteroatoms. The van der Waals surface area contributed by atoms with Crippen molar-refractivity contribution in [2.75, 3.05) is 13.7 Å². The van der Waals surface area contributed by atoms with E-state index < -0.39 is 5.97 Å². The molecule has 0 aromatic heterocycles. The molecule has 22 heavy (non-hydrogen) atoms. The SMILES string of the molecule is COc1ccccc1C(C)CC(=O)N1CCCC1CC(=O)O. The number of ether oxygens (including phenoxy) is 1. The minimum absolute atomic E-state index is 0.0298. The second kappa shape index (κ2) is 7.29. The van der Waals surface area contributed by atoms with E-state index in [-0.39, 0.29) is 24.3 Å². The summed E-state index contributed by atoms with van der Waals surface area (Å²) in [7, 11) is 1.62. The highest BCUT2D eigenvalue weighted by Gasteiger charge is 2.31. The standard InChI is InChI=1S/C17H23NO4/c1-12(14-7-3-4-8-15(14)22-2)10-16(19)18-9-5-6-13(18)11-17(20)21/h3-4,7-8,12-13H,5-6,9-11H2,1-2H3,(H,20,21). The van der Waals surface area contributed by atoms with Gasteiger partial charge in [0, 0.05) is 19.0 Å². The molecule has 2 unspecified atom stereocenters. The van der Waals surface area contributed by atoms with Crippen molar-refractivity contribution in [3.63, 3.8) is 0 Å². The van der Waals surface area contributed by atoms with Crippen molar-refractivity contribution < 1.29 is 19.4 Å². The topological polar surface area (TPSA) is 66.8 Å². The minimum Gasteiger partial charge on any atom is -0.496 e. The second-order valence-corrected chi connectivity index (χ2v) is 5.83. The summed E-state index contributed by atoms with van der Waals surface area (Å²) in [6, 6.07) is 7.53. The molecular weight excluding hydrogens is 282 g/mol. The van der Waals surface area contributed by atoms with Crippen LogP contribution in [0.5, 0.6) is 5.75 Å². The summed E-state index contributed by atoms with van der Waals surface area (Å²) in [6.45, 7) is 2.66. The lowest BCUT2D eigenvalue weighted by molar-refractivity contribution is -0.140. The Bertz CT molecular complexity index is 543. The lowest BCUT2D eigenvalue weighted by Crippen LogP contribution is -2.37. The van der Waals surface area contributed by atoms with Gasteiger partial charge in [0.1, 0.15) is 5.75 Å². The van der Waals surface area contributed by atoms with Crippen LogP contribution in [0.15, 0.2) is 24.3 Å². The van der Waals surface area contributed by atoms with Crippen LogP contribution in [0.3, 0.4) is 0 Å². The number of carboxylic acid groups (broad SMARTS) is 1. The summed E-state index contributed by atoms with van der Waals surface area (Å²) in [5, 5.41) is 8.95. The number of nitrogens with zero attached hydrogens (tertiary/aromatic N) is 1. The van der Waals surface area contributed by atoms with Crippen LogP contribution in [0.1, 0.15) is 44.1 Å². The third-order valence-electron chi connectivity index (χ3n) is 4.26. The van der Waals surface area contributed by atoms with Crippen LogP contribution in [0.25, 0.3) is 0 Å². The van der Waals surface area contributed by atoms with Gasteiger partial charge in [-0.2, -0.15) is 0 Å². The van der Waals surface area contributed by atoms with E-state index in [2.05, 4.69) is 0 Å². The number of likely N-dealkylation sites (tertiary alicyclic amines) is 1. The number of benzene rings is 1. The van der Waals surface area contributed by atoms with Crippen molar-refractivity contribution in [3.05, 3.63) is 29.8 Å². The molecular formula is C17H23NO4. The highest BCUT2D eigenvalue weighted by atomic mass is 16.5. The highest BCUT2D eigenvalue weighted by molar-refractivity contribution is 5.79. The molecule has 1 aliphatic rings. The van der Waals surface area contributed by atoms with Crippen LogP contribution < -0.4 is 4.74 Å². The second-order valence-electron chi connectivity index (χ2n) is 5.83. The molecule has 1 N–H and O–H groups in total. The summed E-state index contributed by atoms with van der Waals surface area (Å²) in [6.07, 6.45) is 2.07. The number of carbonyl (C=O) groups is 2. The summed E-state index contributed by atoms with van der Waals surface area (Å²) in [5.74, 6) is 0.00525. The van der Waals surface area contributed by atoms with Crippen LogP contribution in [-0.4, -0.2) is 41.6 Å². The first-order valence-electron chi connectivity index (χ1n) is 7.67. The van der Waals surface area contributed by atoms with Gasteiger partial charge in [-0.1, -0.05) is 25.1 Å². The van der Waals surface area contributed by atoms with E-state index in [1.54, 1.807) is 12.0 Å². The summed E-state index contributed by atoms with van der Waals surface area (Å²) in [5.41, 5.74) is 1.01. The van der Waals surface area contributed by atoms with Gasteiger partial charge in [0.15, 0.2) is 0 Å². The summed E-state index contributed by atoms with van der Waals surface area (Å²) < 4.78 is 5.34. The number of para-hydroxylation sites is 1. The first-order chi connectivity index (χ1) is 10.5. The molecule has 2 rings (SSSR count). The molecule has 2 atom stereocenters. The molecule has 5 nitrogen and oxygen atoms in total. The summed E-state index contributed by atoms with van der Waals surface area (Å²) in [4.78, 5) is 25.1. The van der Waals surface area contributed by atoms with Crippen LogP contribution >= 0.6 is 0 Å². The molecule has 1 aromatic rings. The van der Waals surface area contributed by atoms with Gasteiger partial charge in [0.05, 0.1) is 13.5 Å². The van der Waals surface area contributed by atoms with Crippen molar-refractivity contribution in [2.24, 2.45) is 0 Å². The molecule has 1 saturated heterocycles. The normalized spacial score (nSPS) is 19.0. The Morgan fingerprint density at radius 3 is 2.82 bits per heavy atom. The van der Waals surface area contributed by atoms with Crippen molar-refractivity contribution in [2.45, 2.75) is 44.6 Å². The Labute approximate surface area is 130 Å². The maximum atomic E-state index is 12.5. The zero-order valence-corrected chi connectivity index (χ0v) is 13.1. The smallest absolute Gasteiger partial charge is 0.305 e. The average Bonchev–Trinajstić information content (AvgIpc) is 2.94. The van der Waals surface area contributed by atoms with E-state index in [1.807, 2.05) is 31.2 Å².